The molecule has 0 aliphatic rings. The topological polar surface area (TPSA) is 25.8 Å². The molecular formula is C15H19BrN2. The van der Waals surface area contributed by atoms with Crippen LogP contribution in [-0.4, -0.2) is 15.0 Å². The van der Waals surface area contributed by atoms with Gasteiger partial charge in [-0.2, -0.15) is 10.2 Å². The molecule has 2 aromatic rings. The summed E-state index contributed by atoms with van der Waals surface area (Å²) in [5.74, 6) is 0.694. The number of nitrogens with zero attached hydrogens (tertiary/aromatic N) is 2. The minimum atomic E-state index is 0.470. The maximum absolute atomic E-state index is 4.37. The summed E-state index contributed by atoms with van der Waals surface area (Å²) in [6.07, 6.45) is 2.09. The van der Waals surface area contributed by atoms with Gasteiger partial charge in [0, 0.05) is 22.0 Å². The number of alkyl halides is 1. The van der Waals surface area contributed by atoms with Crippen molar-refractivity contribution in [3.8, 4) is 0 Å². The number of benzene rings is 1. The monoisotopic (exact) mass is 306 g/mol. The van der Waals surface area contributed by atoms with E-state index in [0.29, 0.717) is 10.7 Å². The molecule has 96 valence electrons. The van der Waals surface area contributed by atoms with Crippen LogP contribution in [-0.2, 0) is 6.42 Å². The molecule has 0 saturated carbocycles. The zero-order valence-corrected chi connectivity index (χ0v) is 12.7. The number of hydrogen-bond acceptors (Lipinski definition) is 2. The van der Waals surface area contributed by atoms with Crippen LogP contribution in [0.25, 0.3) is 10.8 Å². The molecule has 1 heterocycles. The largest absolute Gasteiger partial charge is 0.155 e. The van der Waals surface area contributed by atoms with Gasteiger partial charge in [-0.05, 0) is 19.3 Å². The maximum Gasteiger partial charge on any atom is 0.0720 e. The average molecular weight is 307 g/mol. The Morgan fingerprint density at radius 3 is 2.44 bits per heavy atom. The first-order chi connectivity index (χ1) is 8.58. The fourth-order valence-electron chi connectivity index (χ4n) is 2.25. The van der Waals surface area contributed by atoms with Crippen molar-refractivity contribution >= 4 is 26.7 Å². The summed E-state index contributed by atoms with van der Waals surface area (Å²) >= 11 is 3.75. The Balaban J connectivity index is 2.31. The van der Waals surface area contributed by atoms with Crippen LogP contribution in [0.1, 0.15) is 31.7 Å². The Morgan fingerprint density at radius 1 is 1.11 bits per heavy atom. The van der Waals surface area contributed by atoms with E-state index in [4.69, 9.17) is 0 Å². The van der Waals surface area contributed by atoms with E-state index in [2.05, 4.69) is 64.2 Å². The van der Waals surface area contributed by atoms with Crippen LogP contribution in [0.2, 0.25) is 0 Å². The van der Waals surface area contributed by atoms with E-state index in [1.807, 2.05) is 6.92 Å². The van der Waals surface area contributed by atoms with Gasteiger partial charge in [0.15, 0.2) is 0 Å². The lowest BCUT2D eigenvalue weighted by Gasteiger charge is -2.13. The second-order valence-electron chi connectivity index (χ2n) is 5.21. The lowest BCUT2D eigenvalue weighted by Crippen LogP contribution is -2.09. The third-order valence-electron chi connectivity index (χ3n) is 3.09. The highest BCUT2D eigenvalue weighted by molar-refractivity contribution is 9.09. The summed E-state index contributed by atoms with van der Waals surface area (Å²) in [7, 11) is 0. The first-order valence-electron chi connectivity index (χ1n) is 6.43. The molecule has 1 aromatic carbocycles. The van der Waals surface area contributed by atoms with E-state index >= 15 is 0 Å². The minimum absolute atomic E-state index is 0.470. The minimum Gasteiger partial charge on any atom is -0.155 e. The normalized spacial score (nSPS) is 13.2. The van der Waals surface area contributed by atoms with Gasteiger partial charge in [-0.25, -0.2) is 0 Å². The molecule has 2 rings (SSSR count). The number of aromatic nitrogens is 2. The Morgan fingerprint density at radius 2 is 1.78 bits per heavy atom. The van der Waals surface area contributed by atoms with E-state index in [9.17, 15) is 0 Å². The lowest BCUT2D eigenvalue weighted by molar-refractivity contribution is 0.568. The first kappa shape index (κ1) is 13.5. The summed E-state index contributed by atoms with van der Waals surface area (Å²) < 4.78 is 0. The molecule has 1 unspecified atom stereocenters. The van der Waals surface area contributed by atoms with Gasteiger partial charge in [0.05, 0.1) is 11.4 Å². The standard InChI is InChI=1S/C15H19BrN2/c1-10(2)8-12(16)9-15-14-7-5-4-6-13(14)11(3)17-18-15/h4-7,10,12H,8-9H2,1-3H3. The third kappa shape index (κ3) is 3.08. The van der Waals surface area contributed by atoms with Crippen molar-refractivity contribution in [3.63, 3.8) is 0 Å². The van der Waals surface area contributed by atoms with Gasteiger partial charge in [0.25, 0.3) is 0 Å². The fraction of sp³-hybridized carbons (Fsp3) is 0.467. The summed E-state index contributed by atoms with van der Waals surface area (Å²) in [6.45, 7) is 6.50. The highest BCUT2D eigenvalue weighted by Gasteiger charge is 2.12. The van der Waals surface area contributed by atoms with Crippen LogP contribution < -0.4 is 0 Å². The SMILES string of the molecule is Cc1nnc(CC(Br)CC(C)C)c2ccccc12. The van der Waals surface area contributed by atoms with E-state index in [1.54, 1.807) is 0 Å². The molecule has 0 amide bonds. The van der Waals surface area contributed by atoms with Crippen molar-refractivity contribution in [1.82, 2.24) is 10.2 Å². The summed E-state index contributed by atoms with van der Waals surface area (Å²) in [4.78, 5) is 0.470. The van der Waals surface area contributed by atoms with Crippen LogP contribution >= 0.6 is 15.9 Å². The predicted molar refractivity (Wildman–Crippen MR) is 80.1 cm³/mol. The number of fused-ring (bicyclic) bond motifs is 1. The molecule has 0 fully saturated rings. The Labute approximate surface area is 117 Å². The molecule has 1 aromatic heterocycles. The highest BCUT2D eigenvalue weighted by atomic mass is 79.9. The van der Waals surface area contributed by atoms with E-state index < -0.39 is 0 Å². The van der Waals surface area contributed by atoms with Crippen molar-refractivity contribution in [2.45, 2.75) is 38.4 Å². The van der Waals surface area contributed by atoms with E-state index in [1.165, 1.54) is 10.8 Å². The first-order valence-corrected chi connectivity index (χ1v) is 7.34. The number of aryl methyl sites for hydroxylation is 1. The van der Waals surface area contributed by atoms with Crippen molar-refractivity contribution in [2.75, 3.05) is 0 Å². The zero-order valence-electron chi connectivity index (χ0n) is 11.2. The van der Waals surface area contributed by atoms with Gasteiger partial charge >= 0.3 is 0 Å². The molecule has 0 N–H and O–H groups in total. The lowest BCUT2D eigenvalue weighted by atomic mass is 10.0. The zero-order chi connectivity index (χ0) is 13.1. The van der Waals surface area contributed by atoms with E-state index in [0.717, 1.165) is 24.2 Å². The molecule has 0 aliphatic heterocycles. The van der Waals surface area contributed by atoms with Crippen molar-refractivity contribution in [3.05, 3.63) is 35.7 Å². The molecular weight excluding hydrogens is 288 g/mol. The second kappa shape index (κ2) is 5.79. The highest BCUT2D eigenvalue weighted by Crippen LogP contribution is 2.23. The number of halogens is 1. The van der Waals surface area contributed by atoms with Crippen LogP contribution in [0.4, 0.5) is 0 Å². The molecule has 3 heteroatoms. The number of hydrogen-bond donors (Lipinski definition) is 0. The van der Waals surface area contributed by atoms with Crippen LogP contribution in [0.15, 0.2) is 24.3 Å². The fourth-order valence-corrected chi connectivity index (χ4v) is 3.30. The molecule has 0 saturated heterocycles. The van der Waals surface area contributed by atoms with Crippen molar-refractivity contribution in [1.29, 1.82) is 0 Å². The molecule has 18 heavy (non-hydrogen) atoms. The van der Waals surface area contributed by atoms with Gasteiger partial charge < -0.3 is 0 Å². The molecule has 2 nitrogen and oxygen atoms in total. The molecule has 0 aliphatic carbocycles. The average Bonchev–Trinajstić information content (AvgIpc) is 2.32. The van der Waals surface area contributed by atoms with Crippen LogP contribution in [0.5, 0.6) is 0 Å². The molecule has 0 bridgehead atoms. The summed E-state index contributed by atoms with van der Waals surface area (Å²) in [6, 6.07) is 8.38. The smallest absolute Gasteiger partial charge is 0.0720 e. The molecule has 1 atom stereocenters. The van der Waals surface area contributed by atoms with Gasteiger partial charge in [0.1, 0.15) is 0 Å². The molecule has 0 radical (unpaired) electrons. The van der Waals surface area contributed by atoms with Gasteiger partial charge in [0.2, 0.25) is 0 Å². The maximum atomic E-state index is 4.37. The Hall–Kier alpha value is -0.960. The van der Waals surface area contributed by atoms with Crippen LogP contribution in [0, 0.1) is 12.8 Å². The Bertz CT molecular complexity index is 537. The van der Waals surface area contributed by atoms with Crippen molar-refractivity contribution < 1.29 is 0 Å². The second-order valence-corrected chi connectivity index (χ2v) is 6.50. The van der Waals surface area contributed by atoms with Gasteiger partial charge in [-0.15, -0.1) is 0 Å². The Kier molecular flexibility index (Phi) is 4.33. The predicted octanol–water partition coefficient (Wildman–Crippen LogP) is 4.29. The van der Waals surface area contributed by atoms with Gasteiger partial charge in [-0.1, -0.05) is 54.0 Å². The number of rotatable bonds is 4. The molecule has 0 spiro atoms. The summed E-state index contributed by atoms with van der Waals surface area (Å²) in [5, 5.41) is 11.1. The summed E-state index contributed by atoms with van der Waals surface area (Å²) in [5.41, 5.74) is 2.10. The third-order valence-corrected chi connectivity index (χ3v) is 3.79. The van der Waals surface area contributed by atoms with Crippen molar-refractivity contribution in [2.24, 2.45) is 5.92 Å². The van der Waals surface area contributed by atoms with Crippen LogP contribution in [0.3, 0.4) is 0 Å². The van der Waals surface area contributed by atoms with E-state index in [-0.39, 0.29) is 0 Å². The van der Waals surface area contributed by atoms with Gasteiger partial charge in [-0.3, -0.25) is 0 Å². The quantitative estimate of drug-likeness (QED) is 0.787.